The molecule has 0 aromatic heterocycles. The summed E-state index contributed by atoms with van der Waals surface area (Å²) in [7, 11) is -1.50. The first-order valence-electron chi connectivity index (χ1n) is 9.16. The molecule has 1 aliphatic carbocycles. The predicted octanol–water partition coefficient (Wildman–Crippen LogP) is 1.84. The molecule has 0 bridgehead atoms. The third-order valence-corrected chi connectivity index (χ3v) is 7.90. The van der Waals surface area contributed by atoms with Gasteiger partial charge in [0.2, 0.25) is 0 Å². The topological polar surface area (TPSA) is 80.8 Å². The average molecular weight is 412 g/mol. The largest absolute Gasteiger partial charge is 0.452 e. The molecule has 3 rings (SSSR count). The summed E-state index contributed by atoms with van der Waals surface area (Å²) in [5.41, 5.74) is 2.74. The van der Waals surface area contributed by atoms with Gasteiger partial charge in [0.25, 0.3) is 5.91 Å². The van der Waals surface area contributed by atoms with Crippen LogP contribution in [0.4, 0.5) is 0 Å². The van der Waals surface area contributed by atoms with Gasteiger partial charge in [-0.15, -0.1) is 11.8 Å². The molecule has 0 unspecified atom stereocenters. The van der Waals surface area contributed by atoms with Gasteiger partial charge in [-0.1, -0.05) is 6.07 Å². The highest BCUT2D eigenvalue weighted by molar-refractivity contribution is 8.00. The summed E-state index contributed by atoms with van der Waals surface area (Å²) >= 11 is 1.40. The fourth-order valence-electron chi connectivity index (χ4n) is 3.61. The van der Waals surface area contributed by atoms with Crippen molar-refractivity contribution in [3.8, 4) is 0 Å². The Morgan fingerprint density at radius 3 is 2.74 bits per heavy atom. The lowest BCUT2D eigenvalue weighted by Crippen LogP contribution is -2.44. The van der Waals surface area contributed by atoms with E-state index < -0.39 is 21.9 Å². The van der Waals surface area contributed by atoms with Crippen LogP contribution in [0.5, 0.6) is 0 Å². The smallest absolute Gasteiger partial charge is 0.317 e. The van der Waals surface area contributed by atoms with Crippen molar-refractivity contribution in [1.29, 1.82) is 0 Å². The lowest BCUT2D eigenvalue weighted by Gasteiger charge is -2.26. The number of esters is 1. The Labute approximate surface area is 164 Å². The van der Waals surface area contributed by atoms with E-state index in [-0.39, 0.29) is 29.2 Å². The van der Waals surface area contributed by atoms with Gasteiger partial charge in [0.1, 0.15) is 0 Å². The zero-order valence-electron chi connectivity index (χ0n) is 15.6. The molecule has 1 saturated heterocycles. The maximum absolute atomic E-state index is 12.4. The third kappa shape index (κ3) is 5.04. The van der Waals surface area contributed by atoms with Gasteiger partial charge < -0.3 is 9.64 Å². The lowest BCUT2D eigenvalue weighted by molar-refractivity contribution is -0.157. The number of aryl methyl sites for hydroxylation is 2. The van der Waals surface area contributed by atoms with Crippen LogP contribution in [-0.2, 0) is 37.0 Å². The minimum Gasteiger partial charge on any atom is -0.452 e. The van der Waals surface area contributed by atoms with Gasteiger partial charge in [0.15, 0.2) is 15.9 Å². The van der Waals surface area contributed by atoms with Crippen molar-refractivity contribution in [2.45, 2.75) is 49.6 Å². The number of likely N-dealkylation sites (N-methyl/N-ethyl adjacent to an activating group) is 1. The quantitative estimate of drug-likeness (QED) is 0.525. The molecule has 1 aliphatic heterocycles. The minimum atomic E-state index is -3.07. The molecule has 0 N–H and O–H groups in total. The molecule has 6 nitrogen and oxygen atoms in total. The fraction of sp³-hybridized carbons (Fsp3) is 0.579. The molecule has 1 amide bonds. The number of nitrogens with zero attached hydrogens (tertiary/aromatic N) is 1. The molecule has 1 fully saturated rings. The van der Waals surface area contributed by atoms with E-state index in [1.807, 2.05) is 6.07 Å². The van der Waals surface area contributed by atoms with E-state index in [0.717, 1.165) is 17.7 Å². The first kappa shape index (κ1) is 20.2. The molecular weight excluding hydrogens is 386 g/mol. The Bertz CT molecular complexity index is 837. The van der Waals surface area contributed by atoms with Gasteiger partial charge in [-0.05, 0) is 55.9 Å². The van der Waals surface area contributed by atoms with Gasteiger partial charge >= 0.3 is 5.97 Å². The van der Waals surface area contributed by atoms with Gasteiger partial charge in [0, 0.05) is 18.0 Å². The zero-order chi connectivity index (χ0) is 19.6. The maximum atomic E-state index is 12.4. The monoisotopic (exact) mass is 411 g/mol. The zero-order valence-corrected chi connectivity index (χ0v) is 17.3. The number of ether oxygens (including phenoxy) is 1. The van der Waals surface area contributed by atoms with Gasteiger partial charge in [-0.2, -0.15) is 0 Å². The normalized spacial score (nSPS) is 21.5. The van der Waals surface area contributed by atoms with E-state index in [2.05, 4.69) is 12.1 Å². The number of hydrogen-bond donors (Lipinski definition) is 0. The van der Waals surface area contributed by atoms with Crippen molar-refractivity contribution in [3.05, 3.63) is 29.3 Å². The van der Waals surface area contributed by atoms with E-state index in [1.165, 1.54) is 41.1 Å². The van der Waals surface area contributed by atoms with Crippen molar-refractivity contribution in [1.82, 2.24) is 4.90 Å². The fourth-order valence-corrected chi connectivity index (χ4v) is 6.13. The van der Waals surface area contributed by atoms with Crippen LogP contribution in [-0.4, -0.2) is 61.6 Å². The van der Waals surface area contributed by atoms with Crippen molar-refractivity contribution in [3.63, 3.8) is 0 Å². The Morgan fingerprint density at radius 2 is 2.04 bits per heavy atom. The number of thioether (sulfide) groups is 1. The first-order valence-corrected chi connectivity index (χ1v) is 12.0. The van der Waals surface area contributed by atoms with Gasteiger partial charge in [0.05, 0.1) is 17.3 Å². The number of carbonyl (C=O) groups is 2. The molecule has 0 saturated carbocycles. The second-order valence-electron chi connectivity index (χ2n) is 7.21. The van der Waals surface area contributed by atoms with Crippen LogP contribution in [0.2, 0.25) is 0 Å². The van der Waals surface area contributed by atoms with Crippen LogP contribution < -0.4 is 0 Å². The van der Waals surface area contributed by atoms with Crippen molar-refractivity contribution in [2.75, 3.05) is 24.3 Å². The first-order chi connectivity index (χ1) is 12.7. The number of rotatable bonds is 6. The molecule has 27 heavy (non-hydrogen) atoms. The Hall–Kier alpha value is -1.54. The van der Waals surface area contributed by atoms with Gasteiger partial charge in [-0.3, -0.25) is 9.59 Å². The summed E-state index contributed by atoms with van der Waals surface area (Å²) in [5.74, 6) is -0.607. The second kappa shape index (κ2) is 8.22. The lowest BCUT2D eigenvalue weighted by atomic mass is 10.1. The van der Waals surface area contributed by atoms with E-state index in [1.54, 1.807) is 7.05 Å². The average Bonchev–Trinajstić information content (AvgIpc) is 3.23. The maximum Gasteiger partial charge on any atom is 0.317 e. The van der Waals surface area contributed by atoms with Crippen LogP contribution in [0.1, 0.15) is 30.9 Å². The van der Waals surface area contributed by atoms with Crippen LogP contribution in [0.15, 0.2) is 23.1 Å². The number of benzene rings is 1. The van der Waals surface area contributed by atoms with E-state index in [9.17, 15) is 18.0 Å². The van der Waals surface area contributed by atoms with Crippen molar-refractivity contribution >= 4 is 33.5 Å². The number of sulfone groups is 1. The summed E-state index contributed by atoms with van der Waals surface area (Å²) in [6.45, 7) is 1.53. The third-order valence-electron chi connectivity index (χ3n) is 5.19. The van der Waals surface area contributed by atoms with Crippen LogP contribution in [0, 0.1) is 0 Å². The number of carbonyl (C=O) groups excluding carboxylic acids is 2. The molecule has 0 spiro atoms. The second-order valence-corrected chi connectivity index (χ2v) is 10.5. The SMILES string of the molecule is C[C@@H](OC(=O)CSc1ccc2c(c1)CCC2)C(=O)N(C)[C@@H]1CCS(=O)(=O)C1. The summed E-state index contributed by atoms with van der Waals surface area (Å²) in [4.78, 5) is 27.0. The highest BCUT2D eigenvalue weighted by Crippen LogP contribution is 2.27. The van der Waals surface area contributed by atoms with E-state index in [0.29, 0.717) is 6.42 Å². The number of amides is 1. The van der Waals surface area contributed by atoms with Crippen molar-refractivity contribution < 1.29 is 22.7 Å². The predicted molar refractivity (Wildman–Crippen MR) is 105 cm³/mol. The molecule has 2 aliphatic rings. The molecule has 2 atom stereocenters. The summed E-state index contributed by atoms with van der Waals surface area (Å²) < 4.78 is 28.4. The van der Waals surface area contributed by atoms with Crippen molar-refractivity contribution in [2.24, 2.45) is 0 Å². The Morgan fingerprint density at radius 1 is 1.30 bits per heavy atom. The highest BCUT2D eigenvalue weighted by Gasteiger charge is 2.34. The minimum absolute atomic E-state index is 0.0237. The summed E-state index contributed by atoms with van der Waals surface area (Å²) in [6.07, 6.45) is 2.90. The Kier molecular flexibility index (Phi) is 6.15. The summed E-state index contributed by atoms with van der Waals surface area (Å²) in [5, 5.41) is 0. The molecule has 0 radical (unpaired) electrons. The van der Waals surface area contributed by atoms with E-state index >= 15 is 0 Å². The Balaban J connectivity index is 1.47. The van der Waals surface area contributed by atoms with Crippen LogP contribution in [0.25, 0.3) is 0 Å². The van der Waals surface area contributed by atoms with Gasteiger partial charge in [-0.25, -0.2) is 8.42 Å². The molecule has 148 valence electrons. The standard InChI is InChI=1S/C19H25NO5S2/c1-13(19(22)20(2)16-8-9-27(23,24)12-16)25-18(21)11-26-17-7-6-14-4-3-5-15(14)10-17/h6-7,10,13,16H,3-5,8-9,11-12H2,1-2H3/t13-,16-/m1/s1. The highest BCUT2D eigenvalue weighted by atomic mass is 32.2. The van der Waals surface area contributed by atoms with E-state index in [4.69, 9.17) is 4.74 Å². The number of hydrogen-bond acceptors (Lipinski definition) is 6. The molecule has 1 heterocycles. The molecule has 1 aromatic carbocycles. The summed E-state index contributed by atoms with van der Waals surface area (Å²) in [6, 6.07) is 5.92. The van der Waals surface area contributed by atoms with Crippen LogP contribution >= 0.6 is 11.8 Å². The molecule has 1 aromatic rings. The molecule has 8 heteroatoms. The molecular formula is C19H25NO5S2. The van der Waals surface area contributed by atoms with Crippen LogP contribution in [0.3, 0.4) is 0 Å². The number of fused-ring (bicyclic) bond motifs is 1.